The maximum absolute atomic E-state index is 12.8. The Bertz CT molecular complexity index is 713. The van der Waals surface area contributed by atoms with E-state index in [4.69, 9.17) is 9.47 Å². The van der Waals surface area contributed by atoms with Crippen LogP contribution in [0.4, 0.5) is 0 Å². The second-order valence-electron chi connectivity index (χ2n) is 6.30. The van der Waals surface area contributed by atoms with Crippen molar-refractivity contribution in [2.45, 2.75) is 37.7 Å². The van der Waals surface area contributed by atoms with E-state index in [0.717, 1.165) is 18.4 Å². The minimum atomic E-state index is -0.140. The summed E-state index contributed by atoms with van der Waals surface area (Å²) in [6, 6.07) is 3.89. The van der Waals surface area contributed by atoms with E-state index in [1.807, 2.05) is 17.0 Å². The lowest BCUT2D eigenvalue weighted by molar-refractivity contribution is -0.0809. The molecular formula is C18H20N4O3. The van der Waals surface area contributed by atoms with Gasteiger partial charge in [0.15, 0.2) is 0 Å². The molecule has 4 heterocycles. The Balaban J connectivity index is 1.48. The largest absolute Gasteiger partial charge is 0.373 e. The zero-order valence-corrected chi connectivity index (χ0v) is 13.8. The molecule has 4 rings (SSSR count). The molecule has 7 nitrogen and oxygen atoms in total. The standard InChI is InChI=1S/C18H20N4O3/c23-18(14-10-20-7-8-21-14)22-11-16(17-15(22)2-1-9-24-17)25-12-13-3-5-19-6-4-13/h3-8,10,15-17H,1-2,9,11-12H2/t15-,16+,17+/m0/s1. The molecule has 2 fully saturated rings. The van der Waals surface area contributed by atoms with Crippen LogP contribution in [0.15, 0.2) is 43.1 Å². The molecule has 7 heteroatoms. The molecule has 25 heavy (non-hydrogen) atoms. The number of hydrogen-bond donors (Lipinski definition) is 0. The quantitative estimate of drug-likeness (QED) is 0.839. The summed E-state index contributed by atoms with van der Waals surface area (Å²) in [7, 11) is 0. The fourth-order valence-electron chi connectivity index (χ4n) is 3.53. The number of likely N-dealkylation sites (tertiary alicyclic amines) is 1. The van der Waals surface area contributed by atoms with Crippen molar-refractivity contribution < 1.29 is 14.3 Å². The molecule has 0 spiro atoms. The van der Waals surface area contributed by atoms with Crippen molar-refractivity contribution in [2.75, 3.05) is 13.2 Å². The highest BCUT2D eigenvalue weighted by atomic mass is 16.5. The van der Waals surface area contributed by atoms with Crippen LogP contribution in [0.1, 0.15) is 28.9 Å². The Kier molecular flexibility index (Phi) is 4.67. The fraction of sp³-hybridized carbons (Fsp3) is 0.444. The first-order valence-corrected chi connectivity index (χ1v) is 8.52. The Labute approximate surface area is 146 Å². The topological polar surface area (TPSA) is 77.4 Å². The second kappa shape index (κ2) is 7.25. The number of pyridine rings is 1. The molecule has 0 saturated carbocycles. The number of ether oxygens (including phenoxy) is 2. The van der Waals surface area contributed by atoms with Gasteiger partial charge in [0.1, 0.15) is 17.9 Å². The Morgan fingerprint density at radius 3 is 2.92 bits per heavy atom. The molecule has 130 valence electrons. The molecule has 2 aromatic rings. The van der Waals surface area contributed by atoms with Crippen LogP contribution in [-0.4, -0.2) is 57.2 Å². The van der Waals surface area contributed by atoms with Crippen LogP contribution in [0, 0.1) is 0 Å². The van der Waals surface area contributed by atoms with Gasteiger partial charge in [-0.2, -0.15) is 0 Å². The smallest absolute Gasteiger partial charge is 0.274 e. The van der Waals surface area contributed by atoms with E-state index in [1.165, 1.54) is 12.4 Å². The molecule has 0 unspecified atom stereocenters. The first-order valence-electron chi connectivity index (χ1n) is 8.52. The number of nitrogens with zero attached hydrogens (tertiary/aromatic N) is 4. The van der Waals surface area contributed by atoms with Crippen LogP contribution in [-0.2, 0) is 16.1 Å². The van der Waals surface area contributed by atoms with E-state index in [0.29, 0.717) is 25.5 Å². The molecule has 2 aliphatic rings. The van der Waals surface area contributed by atoms with Gasteiger partial charge in [-0.25, -0.2) is 4.98 Å². The highest BCUT2D eigenvalue weighted by Crippen LogP contribution is 2.32. The number of hydrogen-bond acceptors (Lipinski definition) is 6. The van der Waals surface area contributed by atoms with E-state index < -0.39 is 0 Å². The lowest BCUT2D eigenvalue weighted by atomic mass is 10.0. The molecular weight excluding hydrogens is 320 g/mol. The molecule has 2 saturated heterocycles. The van der Waals surface area contributed by atoms with E-state index in [2.05, 4.69) is 15.0 Å². The van der Waals surface area contributed by atoms with Crippen molar-refractivity contribution in [2.24, 2.45) is 0 Å². The number of aromatic nitrogens is 3. The monoisotopic (exact) mass is 340 g/mol. The van der Waals surface area contributed by atoms with Crippen LogP contribution in [0.2, 0.25) is 0 Å². The van der Waals surface area contributed by atoms with Gasteiger partial charge in [0.2, 0.25) is 0 Å². The van der Waals surface area contributed by atoms with E-state index >= 15 is 0 Å². The molecule has 2 aromatic heterocycles. The first-order chi connectivity index (χ1) is 12.3. The molecule has 0 aliphatic carbocycles. The zero-order chi connectivity index (χ0) is 17.1. The highest BCUT2D eigenvalue weighted by Gasteiger charge is 2.47. The van der Waals surface area contributed by atoms with Gasteiger partial charge in [0.25, 0.3) is 5.91 Å². The van der Waals surface area contributed by atoms with Gasteiger partial charge < -0.3 is 14.4 Å². The zero-order valence-electron chi connectivity index (χ0n) is 13.8. The Hall–Kier alpha value is -2.38. The summed E-state index contributed by atoms with van der Waals surface area (Å²) in [5, 5.41) is 0. The van der Waals surface area contributed by atoms with Crippen LogP contribution in [0.5, 0.6) is 0 Å². The maximum atomic E-state index is 12.8. The van der Waals surface area contributed by atoms with Gasteiger partial charge >= 0.3 is 0 Å². The normalized spacial score (nSPS) is 25.6. The molecule has 0 radical (unpaired) electrons. The summed E-state index contributed by atoms with van der Waals surface area (Å²) in [6.07, 6.45) is 9.74. The molecule has 1 amide bonds. The van der Waals surface area contributed by atoms with Gasteiger partial charge in [0, 0.05) is 31.4 Å². The third-order valence-corrected chi connectivity index (χ3v) is 4.73. The van der Waals surface area contributed by atoms with Gasteiger partial charge in [-0.15, -0.1) is 0 Å². The van der Waals surface area contributed by atoms with Crippen molar-refractivity contribution in [3.05, 3.63) is 54.4 Å². The summed E-state index contributed by atoms with van der Waals surface area (Å²) in [6.45, 7) is 1.70. The molecule has 0 aromatic carbocycles. The average Bonchev–Trinajstić information content (AvgIpc) is 3.06. The lowest BCUT2D eigenvalue weighted by Gasteiger charge is -2.32. The molecule has 0 N–H and O–H groups in total. The summed E-state index contributed by atoms with van der Waals surface area (Å²) < 4.78 is 12.0. The maximum Gasteiger partial charge on any atom is 0.274 e. The van der Waals surface area contributed by atoms with Crippen molar-refractivity contribution in [3.8, 4) is 0 Å². The third kappa shape index (κ3) is 3.38. The molecule has 0 bridgehead atoms. The SMILES string of the molecule is O=C(c1cnccn1)N1C[C@@H](OCc2ccncc2)[C@@H]2OCCC[C@@H]21. The third-order valence-electron chi connectivity index (χ3n) is 4.73. The first kappa shape index (κ1) is 16.1. The number of carbonyl (C=O) groups excluding carboxylic acids is 1. The molecule has 2 aliphatic heterocycles. The van der Waals surface area contributed by atoms with Crippen LogP contribution in [0.25, 0.3) is 0 Å². The van der Waals surface area contributed by atoms with Gasteiger partial charge in [-0.1, -0.05) is 0 Å². The van der Waals surface area contributed by atoms with E-state index in [1.54, 1.807) is 18.6 Å². The predicted octanol–water partition coefficient (Wildman–Crippen LogP) is 1.46. The van der Waals surface area contributed by atoms with Gasteiger partial charge in [-0.3, -0.25) is 14.8 Å². The van der Waals surface area contributed by atoms with Crippen molar-refractivity contribution in [3.63, 3.8) is 0 Å². The van der Waals surface area contributed by atoms with Gasteiger partial charge in [-0.05, 0) is 30.5 Å². The lowest BCUT2D eigenvalue weighted by Crippen LogP contribution is -2.44. The summed E-state index contributed by atoms with van der Waals surface area (Å²) >= 11 is 0. The second-order valence-corrected chi connectivity index (χ2v) is 6.30. The Morgan fingerprint density at radius 2 is 2.12 bits per heavy atom. The fourth-order valence-corrected chi connectivity index (χ4v) is 3.53. The highest BCUT2D eigenvalue weighted by molar-refractivity contribution is 5.92. The number of fused-ring (bicyclic) bond motifs is 1. The summed E-state index contributed by atoms with van der Waals surface area (Å²) in [5.41, 5.74) is 1.42. The van der Waals surface area contributed by atoms with E-state index in [-0.39, 0.29) is 24.2 Å². The number of carbonyl (C=O) groups is 1. The van der Waals surface area contributed by atoms with Crippen molar-refractivity contribution in [1.82, 2.24) is 19.9 Å². The number of amides is 1. The van der Waals surface area contributed by atoms with Crippen molar-refractivity contribution in [1.29, 1.82) is 0 Å². The minimum absolute atomic E-state index is 0.0331. The van der Waals surface area contributed by atoms with Gasteiger partial charge in [0.05, 0.1) is 25.4 Å². The minimum Gasteiger partial charge on any atom is -0.373 e. The van der Waals surface area contributed by atoms with Crippen molar-refractivity contribution >= 4 is 5.91 Å². The summed E-state index contributed by atoms with van der Waals surface area (Å²) in [4.78, 5) is 26.8. The average molecular weight is 340 g/mol. The van der Waals surface area contributed by atoms with E-state index in [9.17, 15) is 4.79 Å². The summed E-state index contributed by atoms with van der Waals surface area (Å²) in [5.74, 6) is -0.108. The Morgan fingerprint density at radius 1 is 1.24 bits per heavy atom. The molecule has 3 atom stereocenters. The van der Waals surface area contributed by atoms with Crippen LogP contribution >= 0.6 is 0 Å². The van der Waals surface area contributed by atoms with Crippen LogP contribution < -0.4 is 0 Å². The predicted molar refractivity (Wildman–Crippen MR) is 88.6 cm³/mol. The van der Waals surface area contributed by atoms with Crippen LogP contribution in [0.3, 0.4) is 0 Å². The number of rotatable bonds is 4.